The molecule has 1 aromatic heterocycles. The summed E-state index contributed by atoms with van der Waals surface area (Å²) in [6.45, 7) is 6.38. The molecule has 1 unspecified atom stereocenters. The third kappa shape index (κ3) is 4.29. The van der Waals surface area contributed by atoms with E-state index in [9.17, 15) is 4.79 Å². The molecule has 1 N–H and O–H groups in total. The lowest BCUT2D eigenvalue weighted by molar-refractivity contribution is -0.125. The summed E-state index contributed by atoms with van der Waals surface area (Å²) in [5, 5.41) is 4.13. The highest BCUT2D eigenvalue weighted by molar-refractivity contribution is 5.96. The number of para-hydroxylation sites is 1. The summed E-state index contributed by atoms with van der Waals surface area (Å²) in [6, 6.07) is 20.1. The molecule has 0 saturated carbocycles. The molecule has 0 fully saturated rings. The van der Waals surface area contributed by atoms with E-state index in [0.29, 0.717) is 5.92 Å². The Hall–Kier alpha value is -2.68. The molecule has 0 bridgehead atoms. The van der Waals surface area contributed by atoms with Crippen LogP contribution in [-0.4, -0.2) is 10.9 Å². The SMILES string of the molecule is CC(C)CC(C)(Cc1ccccc1)C(=O)Nc1cnc2ccccc2c1. The van der Waals surface area contributed by atoms with Gasteiger partial charge in [-0.3, -0.25) is 9.78 Å². The van der Waals surface area contributed by atoms with Crippen LogP contribution in [0.15, 0.2) is 66.9 Å². The Labute approximate surface area is 155 Å². The number of amides is 1. The summed E-state index contributed by atoms with van der Waals surface area (Å²) in [5.41, 5.74) is 2.39. The van der Waals surface area contributed by atoms with Crippen LogP contribution >= 0.6 is 0 Å². The Bertz CT molecular complexity index is 889. The summed E-state index contributed by atoms with van der Waals surface area (Å²) in [6.07, 6.45) is 3.28. The molecule has 0 spiro atoms. The van der Waals surface area contributed by atoms with Crippen LogP contribution in [0.1, 0.15) is 32.8 Å². The second kappa shape index (κ2) is 7.69. The van der Waals surface area contributed by atoms with Crippen LogP contribution in [0.5, 0.6) is 0 Å². The largest absolute Gasteiger partial charge is 0.324 e. The topological polar surface area (TPSA) is 42.0 Å². The second-order valence-electron chi connectivity index (χ2n) is 7.69. The molecule has 0 aliphatic heterocycles. The number of nitrogens with zero attached hydrogens (tertiary/aromatic N) is 1. The Morgan fingerprint density at radius 3 is 2.50 bits per heavy atom. The Morgan fingerprint density at radius 1 is 1.08 bits per heavy atom. The highest BCUT2D eigenvalue weighted by Crippen LogP contribution is 2.32. The lowest BCUT2D eigenvalue weighted by Gasteiger charge is -2.30. The number of hydrogen-bond donors (Lipinski definition) is 1. The van der Waals surface area contributed by atoms with Crippen molar-refractivity contribution in [3.63, 3.8) is 0 Å². The van der Waals surface area contributed by atoms with Gasteiger partial charge in [-0.1, -0.05) is 69.3 Å². The zero-order valence-corrected chi connectivity index (χ0v) is 15.7. The van der Waals surface area contributed by atoms with Crippen LogP contribution < -0.4 is 5.32 Å². The van der Waals surface area contributed by atoms with E-state index in [4.69, 9.17) is 0 Å². The molecule has 3 heteroatoms. The lowest BCUT2D eigenvalue weighted by atomic mass is 9.76. The van der Waals surface area contributed by atoms with E-state index < -0.39 is 5.41 Å². The van der Waals surface area contributed by atoms with Crippen molar-refractivity contribution in [2.45, 2.75) is 33.6 Å². The standard InChI is InChI=1S/C23H26N2O/c1-17(2)14-23(3,15-18-9-5-4-6-10-18)22(26)25-20-13-19-11-7-8-12-21(19)24-16-20/h4-13,16-17H,14-15H2,1-3H3,(H,25,26). The first-order valence-corrected chi connectivity index (χ1v) is 9.16. The van der Waals surface area contributed by atoms with Gasteiger partial charge in [0.2, 0.25) is 5.91 Å². The fourth-order valence-electron chi connectivity index (χ4n) is 3.61. The minimum absolute atomic E-state index is 0.0483. The van der Waals surface area contributed by atoms with Crippen LogP contribution in [0.2, 0.25) is 0 Å². The predicted molar refractivity (Wildman–Crippen MR) is 108 cm³/mol. The molecule has 3 nitrogen and oxygen atoms in total. The third-order valence-electron chi connectivity index (χ3n) is 4.69. The molecule has 1 heterocycles. The van der Waals surface area contributed by atoms with Crippen molar-refractivity contribution in [3.8, 4) is 0 Å². The van der Waals surface area contributed by atoms with Gasteiger partial charge in [0.15, 0.2) is 0 Å². The molecule has 0 saturated heterocycles. The van der Waals surface area contributed by atoms with E-state index in [1.807, 2.05) is 48.5 Å². The number of hydrogen-bond acceptors (Lipinski definition) is 2. The molecule has 0 aliphatic carbocycles. The minimum atomic E-state index is -0.471. The van der Waals surface area contributed by atoms with E-state index >= 15 is 0 Å². The van der Waals surface area contributed by atoms with Crippen molar-refractivity contribution in [1.29, 1.82) is 0 Å². The highest BCUT2D eigenvalue weighted by Gasteiger charge is 2.34. The van der Waals surface area contributed by atoms with E-state index in [2.05, 4.69) is 43.2 Å². The number of aromatic nitrogens is 1. The predicted octanol–water partition coefficient (Wildman–Crippen LogP) is 5.47. The number of benzene rings is 2. The smallest absolute Gasteiger partial charge is 0.230 e. The molecule has 0 radical (unpaired) electrons. The molecule has 3 rings (SSSR count). The van der Waals surface area contributed by atoms with Crippen LogP contribution in [0.25, 0.3) is 10.9 Å². The van der Waals surface area contributed by atoms with Gasteiger partial charge >= 0.3 is 0 Å². The monoisotopic (exact) mass is 346 g/mol. The number of fused-ring (bicyclic) bond motifs is 1. The quantitative estimate of drug-likeness (QED) is 0.643. The van der Waals surface area contributed by atoms with Crippen LogP contribution in [0.4, 0.5) is 5.69 Å². The molecule has 3 aromatic rings. The van der Waals surface area contributed by atoms with Crippen LogP contribution in [-0.2, 0) is 11.2 Å². The number of carbonyl (C=O) groups excluding carboxylic acids is 1. The third-order valence-corrected chi connectivity index (χ3v) is 4.69. The number of carbonyl (C=O) groups is 1. The van der Waals surface area contributed by atoms with Gasteiger partial charge in [0.25, 0.3) is 0 Å². The molecule has 0 aliphatic rings. The summed E-state index contributed by atoms with van der Waals surface area (Å²) in [7, 11) is 0. The Balaban J connectivity index is 1.84. The van der Waals surface area contributed by atoms with E-state index in [-0.39, 0.29) is 5.91 Å². The maximum Gasteiger partial charge on any atom is 0.230 e. The molecular weight excluding hydrogens is 320 g/mol. The fraction of sp³-hybridized carbons (Fsp3) is 0.304. The minimum Gasteiger partial charge on any atom is -0.324 e. The molecule has 26 heavy (non-hydrogen) atoms. The van der Waals surface area contributed by atoms with Gasteiger partial charge in [-0.25, -0.2) is 0 Å². The van der Waals surface area contributed by atoms with Gasteiger partial charge in [-0.05, 0) is 36.5 Å². The Kier molecular flexibility index (Phi) is 5.36. The molecule has 2 aromatic carbocycles. The van der Waals surface area contributed by atoms with E-state index in [0.717, 1.165) is 29.4 Å². The first kappa shape index (κ1) is 18.1. The number of rotatable bonds is 6. The van der Waals surface area contributed by atoms with Gasteiger partial charge in [-0.2, -0.15) is 0 Å². The van der Waals surface area contributed by atoms with Crippen LogP contribution in [0, 0.1) is 11.3 Å². The first-order valence-electron chi connectivity index (χ1n) is 9.16. The van der Waals surface area contributed by atoms with Gasteiger partial charge < -0.3 is 5.32 Å². The van der Waals surface area contributed by atoms with E-state index in [1.54, 1.807) is 6.20 Å². The summed E-state index contributed by atoms with van der Waals surface area (Å²) < 4.78 is 0. The average Bonchev–Trinajstić information content (AvgIpc) is 2.61. The van der Waals surface area contributed by atoms with Crippen molar-refractivity contribution in [2.75, 3.05) is 5.32 Å². The van der Waals surface area contributed by atoms with Crippen molar-refractivity contribution in [1.82, 2.24) is 4.98 Å². The number of anilines is 1. The summed E-state index contributed by atoms with van der Waals surface area (Å²) in [5.74, 6) is 0.483. The van der Waals surface area contributed by atoms with Gasteiger partial charge in [-0.15, -0.1) is 0 Å². The van der Waals surface area contributed by atoms with Crippen LogP contribution in [0.3, 0.4) is 0 Å². The van der Waals surface area contributed by atoms with Crippen molar-refractivity contribution < 1.29 is 4.79 Å². The zero-order chi connectivity index (χ0) is 18.6. The van der Waals surface area contributed by atoms with Crippen molar-refractivity contribution in [3.05, 3.63) is 72.4 Å². The zero-order valence-electron chi connectivity index (χ0n) is 15.7. The van der Waals surface area contributed by atoms with Gasteiger partial charge in [0, 0.05) is 5.39 Å². The Morgan fingerprint density at radius 2 is 1.77 bits per heavy atom. The second-order valence-corrected chi connectivity index (χ2v) is 7.69. The maximum absolute atomic E-state index is 13.2. The highest BCUT2D eigenvalue weighted by atomic mass is 16.2. The van der Waals surface area contributed by atoms with Gasteiger partial charge in [0.05, 0.1) is 22.8 Å². The average molecular weight is 346 g/mol. The lowest BCUT2D eigenvalue weighted by Crippen LogP contribution is -2.36. The number of nitrogens with one attached hydrogen (secondary N) is 1. The summed E-state index contributed by atoms with van der Waals surface area (Å²) >= 11 is 0. The maximum atomic E-state index is 13.2. The van der Waals surface area contributed by atoms with Crippen molar-refractivity contribution >= 4 is 22.5 Å². The first-order chi connectivity index (χ1) is 12.5. The molecule has 1 amide bonds. The van der Waals surface area contributed by atoms with Gasteiger partial charge in [0.1, 0.15) is 0 Å². The van der Waals surface area contributed by atoms with E-state index in [1.165, 1.54) is 5.56 Å². The molecule has 1 atom stereocenters. The van der Waals surface area contributed by atoms with Crippen molar-refractivity contribution in [2.24, 2.45) is 11.3 Å². The fourth-order valence-corrected chi connectivity index (χ4v) is 3.61. The normalized spacial score (nSPS) is 13.5. The molecular formula is C23H26N2O. The molecule has 134 valence electrons. The number of pyridine rings is 1. The summed E-state index contributed by atoms with van der Waals surface area (Å²) in [4.78, 5) is 17.6.